The SMILES string of the molecule is C[C@@H](O)C(=O)NC1CCCc2c(-c3ccc4c(c3)CCC(=O)N4C)cncc21. The molecule has 0 saturated carbocycles. The first kappa shape index (κ1) is 18.6. The van der Waals surface area contributed by atoms with Gasteiger partial charge in [-0.1, -0.05) is 6.07 Å². The summed E-state index contributed by atoms with van der Waals surface area (Å²) in [5.41, 5.74) is 6.55. The van der Waals surface area contributed by atoms with E-state index >= 15 is 0 Å². The minimum Gasteiger partial charge on any atom is -0.384 e. The molecule has 1 aliphatic carbocycles. The number of amides is 2. The molecule has 2 aliphatic rings. The summed E-state index contributed by atoms with van der Waals surface area (Å²) in [6.45, 7) is 1.47. The summed E-state index contributed by atoms with van der Waals surface area (Å²) in [5.74, 6) is -0.208. The van der Waals surface area contributed by atoms with E-state index in [-0.39, 0.29) is 17.9 Å². The predicted octanol–water partition coefficient (Wildman–Crippen LogP) is 2.53. The molecule has 2 atom stereocenters. The van der Waals surface area contributed by atoms with Crippen molar-refractivity contribution in [3.05, 3.63) is 47.3 Å². The number of carbonyl (C=O) groups is 2. The van der Waals surface area contributed by atoms with Gasteiger partial charge in [0.2, 0.25) is 11.8 Å². The van der Waals surface area contributed by atoms with Crippen LogP contribution in [-0.2, 0) is 22.4 Å². The Morgan fingerprint density at radius 2 is 2.11 bits per heavy atom. The highest BCUT2D eigenvalue weighted by Gasteiger charge is 2.26. The molecule has 1 aromatic heterocycles. The zero-order chi connectivity index (χ0) is 19.8. The highest BCUT2D eigenvalue weighted by molar-refractivity contribution is 5.96. The first-order chi connectivity index (χ1) is 13.5. The molecule has 0 radical (unpaired) electrons. The maximum Gasteiger partial charge on any atom is 0.249 e. The number of nitrogens with zero attached hydrogens (tertiary/aromatic N) is 2. The number of rotatable bonds is 3. The van der Waals surface area contributed by atoms with Crippen LogP contribution in [0.1, 0.15) is 48.9 Å². The summed E-state index contributed by atoms with van der Waals surface area (Å²) >= 11 is 0. The standard InChI is InChI=1S/C22H25N3O3/c1-13(26)22(28)24-19-5-3-4-16-17(11-23-12-18(16)19)14-6-8-20-15(10-14)7-9-21(27)25(20)2/h6,8,10-13,19,26H,3-5,7,9H2,1-2H3,(H,24,28)/t13-,19?/m1/s1. The van der Waals surface area contributed by atoms with Crippen molar-refractivity contribution >= 4 is 17.5 Å². The molecule has 28 heavy (non-hydrogen) atoms. The lowest BCUT2D eigenvalue weighted by Crippen LogP contribution is -2.37. The maximum atomic E-state index is 12.0. The summed E-state index contributed by atoms with van der Waals surface area (Å²) in [6, 6.07) is 6.09. The topological polar surface area (TPSA) is 82.5 Å². The van der Waals surface area contributed by atoms with Gasteiger partial charge in [0.15, 0.2) is 0 Å². The molecule has 2 N–H and O–H groups in total. The third kappa shape index (κ3) is 3.29. The lowest BCUT2D eigenvalue weighted by atomic mass is 9.84. The van der Waals surface area contributed by atoms with E-state index in [1.54, 1.807) is 4.90 Å². The van der Waals surface area contributed by atoms with Crippen molar-refractivity contribution in [2.45, 2.75) is 51.2 Å². The first-order valence-electron chi connectivity index (χ1n) is 9.80. The van der Waals surface area contributed by atoms with Crippen LogP contribution in [0.3, 0.4) is 0 Å². The number of anilines is 1. The lowest BCUT2D eigenvalue weighted by Gasteiger charge is -2.29. The number of aliphatic hydroxyl groups excluding tert-OH is 1. The number of benzene rings is 1. The van der Waals surface area contributed by atoms with Gasteiger partial charge < -0.3 is 15.3 Å². The van der Waals surface area contributed by atoms with Crippen LogP contribution < -0.4 is 10.2 Å². The number of aryl methyl sites for hydroxylation is 1. The number of fused-ring (bicyclic) bond motifs is 2. The number of hydrogen-bond donors (Lipinski definition) is 2. The second kappa shape index (κ2) is 7.36. The second-order valence-electron chi connectivity index (χ2n) is 7.68. The summed E-state index contributed by atoms with van der Waals surface area (Å²) in [7, 11) is 1.82. The van der Waals surface area contributed by atoms with Gasteiger partial charge in [0, 0.05) is 37.1 Å². The average molecular weight is 379 g/mol. The summed E-state index contributed by atoms with van der Waals surface area (Å²) < 4.78 is 0. The van der Waals surface area contributed by atoms with Gasteiger partial charge in [0.25, 0.3) is 0 Å². The van der Waals surface area contributed by atoms with Crippen molar-refractivity contribution in [1.82, 2.24) is 10.3 Å². The minimum atomic E-state index is -1.03. The van der Waals surface area contributed by atoms with Gasteiger partial charge in [-0.05, 0) is 67.0 Å². The molecule has 1 aliphatic heterocycles. The van der Waals surface area contributed by atoms with Crippen LogP contribution >= 0.6 is 0 Å². The molecular weight excluding hydrogens is 354 g/mol. The maximum absolute atomic E-state index is 12.0. The Morgan fingerprint density at radius 3 is 2.89 bits per heavy atom. The third-order valence-corrected chi connectivity index (χ3v) is 5.82. The third-order valence-electron chi connectivity index (χ3n) is 5.82. The zero-order valence-corrected chi connectivity index (χ0v) is 16.2. The van der Waals surface area contributed by atoms with E-state index in [1.807, 2.05) is 31.6 Å². The highest BCUT2D eigenvalue weighted by Crippen LogP contribution is 2.37. The molecule has 0 spiro atoms. The van der Waals surface area contributed by atoms with E-state index in [9.17, 15) is 14.7 Å². The molecule has 2 aromatic rings. The van der Waals surface area contributed by atoms with E-state index in [2.05, 4.69) is 16.4 Å². The Bertz CT molecular complexity index is 939. The van der Waals surface area contributed by atoms with Crippen molar-refractivity contribution in [3.63, 3.8) is 0 Å². The number of hydrogen-bond acceptors (Lipinski definition) is 4. The normalized spacial score (nSPS) is 19.6. The Hall–Kier alpha value is -2.73. The van der Waals surface area contributed by atoms with Crippen molar-refractivity contribution in [3.8, 4) is 11.1 Å². The molecule has 0 fully saturated rings. The molecule has 6 heteroatoms. The van der Waals surface area contributed by atoms with Gasteiger partial charge in [-0.15, -0.1) is 0 Å². The first-order valence-corrected chi connectivity index (χ1v) is 9.80. The van der Waals surface area contributed by atoms with Gasteiger partial charge in [0.1, 0.15) is 6.10 Å². The Balaban J connectivity index is 1.71. The van der Waals surface area contributed by atoms with Gasteiger partial charge >= 0.3 is 0 Å². The number of pyridine rings is 1. The number of aromatic nitrogens is 1. The molecule has 2 amide bonds. The summed E-state index contributed by atoms with van der Waals surface area (Å²) in [6.07, 6.45) is 6.72. The fourth-order valence-corrected chi connectivity index (χ4v) is 4.24. The van der Waals surface area contributed by atoms with E-state index in [4.69, 9.17) is 0 Å². The second-order valence-corrected chi connectivity index (χ2v) is 7.68. The average Bonchev–Trinajstić information content (AvgIpc) is 2.70. The molecule has 146 valence electrons. The molecule has 1 unspecified atom stereocenters. The highest BCUT2D eigenvalue weighted by atomic mass is 16.3. The van der Waals surface area contributed by atoms with Crippen LogP contribution in [0, 0.1) is 0 Å². The molecule has 2 heterocycles. The quantitative estimate of drug-likeness (QED) is 0.859. The number of carbonyl (C=O) groups excluding carboxylic acids is 2. The zero-order valence-electron chi connectivity index (χ0n) is 16.2. The van der Waals surface area contributed by atoms with Crippen LogP contribution in [0.25, 0.3) is 11.1 Å². The Kier molecular flexibility index (Phi) is 4.89. The van der Waals surface area contributed by atoms with E-state index in [1.165, 1.54) is 18.1 Å². The van der Waals surface area contributed by atoms with Crippen LogP contribution in [-0.4, -0.2) is 35.1 Å². The van der Waals surface area contributed by atoms with Crippen LogP contribution in [0.4, 0.5) is 5.69 Å². The molecule has 0 saturated heterocycles. The fraction of sp³-hybridized carbons (Fsp3) is 0.409. The number of nitrogens with one attached hydrogen (secondary N) is 1. The molecule has 6 nitrogen and oxygen atoms in total. The summed E-state index contributed by atoms with van der Waals surface area (Å²) in [5, 5.41) is 12.5. The smallest absolute Gasteiger partial charge is 0.249 e. The van der Waals surface area contributed by atoms with E-state index in [0.29, 0.717) is 6.42 Å². The molecule has 0 bridgehead atoms. The molecule has 1 aromatic carbocycles. The minimum absolute atomic E-state index is 0.125. The van der Waals surface area contributed by atoms with Gasteiger partial charge in [-0.3, -0.25) is 14.6 Å². The molecule has 4 rings (SSSR count). The fourth-order valence-electron chi connectivity index (χ4n) is 4.24. The monoisotopic (exact) mass is 379 g/mol. The van der Waals surface area contributed by atoms with Crippen molar-refractivity contribution in [1.29, 1.82) is 0 Å². The van der Waals surface area contributed by atoms with Gasteiger partial charge in [-0.2, -0.15) is 0 Å². The van der Waals surface area contributed by atoms with Crippen molar-refractivity contribution < 1.29 is 14.7 Å². The van der Waals surface area contributed by atoms with E-state index < -0.39 is 6.10 Å². The molecular formula is C22H25N3O3. The van der Waals surface area contributed by atoms with Crippen molar-refractivity contribution in [2.75, 3.05) is 11.9 Å². The predicted molar refractivity (Wildman–Crippen MR) is 107 cm³/mol. The van der Waals surface area contributed by atoms with Crippen LogP contribution in [0.2, 0.25) is 0 Å². The number of aliphatic hydroxyl groups is 1. The van der Waals surface area contributed by atoms with Gasteiger partial charge in [0.05, 0.1) is 6.04 Å². The largest absolute Gasteiger partial charge is 0.384 e. The van der Waals surface area contributed by atoms with E-state index in [0.717, 1.165) is 48.1 Å². The Morgan fingerprint density at radius 1 is 1.29 bits per heavy atom. The van der Waals surface area contributed by atoms with Crippen molar-refractivity contribution in [2.24, 2.45) is 0 Å². The van der Waals surface area contributed by atoms with Crippen LogP contribution in [0.15, 0.2) is 30.6 Å². The van der Waals surface area contributed by atoms with Crippen LogP contribution in [0.5, 0.6) is 0 Å². The Labute approximate surface area is 164 Å². The lowest BCUT2D eigenvalue weighted by molar-refractivity contribution is -0.129. The summed E-state index contributed by atoms with van der Waals surface area (Å²) in [4.78, 5) is 30.1. The van der Waals surface area contributed by atoms with Gasteiger partial charge in [-0.25, -0.2) is 0 Å².